The molecular formula is C14H23NO3S. The van der Waals surface area contributed by atoms with E-state index in [2.05, 4.69) is 16.3 Å². The number of thioether (sulfide) groups is 1. The minimum Gasteiger partial charge on any atom is -0.463 e. The summed E-state index contributed by atoms with van der Waals surface area (Å²) in [6.07, 6.45) is 5.81. The zero-order chi connectivity index (χ0) is 14.1. The molecule has 108 valence electrons. The molecule has 0 amide bonds. The number of carbonyl (C=O) groups is 1. The summed E-state index contributed by atoms with van der Waals surface area (Å²) in [4.78, 5) is 11.3. The number of rotatable bonds is 9. The molecule has 4 nitrogen and oxygen atoms in total. The average molecular weight is 285 g/mol. The number of furan rings is 1. The van der Waals surface area contributed by atoms with Crippen LogP contribution in [0.15, 0.2) is 16.5 Å². The maximum atomic E-state index is 11.3. The molecule has 1 aromatic rings. The van der Waals surface area contributed by atoms with Crippen LogP contribution in [0.25, 0.3) is 0 Å². The highest BCUT2D eigenvalue weighted by Crippen LogP contribution is 2.17. The lowest BCUT2D eigenvalue weighted by Crippen LogP contribution is -2.19. The van der Waals surface area contributed by atoms with Gasteiger partial charge in [0.2, 0.25) is 5.76 Å². The fraction of sp³-hybridized carbons (Fsp3) is 0.643. The fourth-order valence-electron chi connectivity index (χ4n) is 1.76. The number of esters is 1. The van der Waals surface area contributed by atoms with Gasteiger partial charge in [0.05, 0.1) is 13.2 Å². The Kier molecular flexibility index (Phi) is 7.67. The Morgan fingerprint density at radius 2 is 2.21 bits per heavy atom. The Balaban J connectivity index is 2.27. The predicted octanol–water partition coefficient (Wildman–Crippen LogP) is 3.25. The van der Waals surface area contributed by atoms with E-state index in [1.54, 1.807) is 6.07 Å². The summed E-state index contributed by atoms with van der Waals surface area (Å²) < 4.78 is 10.1. The van der Waals surface area contributed by atoms with Gasteiger partial charge in [0.25, 0.3) is 0 Å². The van der Waals surface area contributed by atoms with Crippen molar-refractivity contribution >= 4 is 17.7 Å². The minimum absolute atomic E-state index is 0.110. The van der Waals surface area contributed by atoms with Crippen molar-refractivity contribution in [3.63, 3.8) is 0 Å². The Morgan fingerprint density at radius 1 is 1.42 bits per heavy atom. The lowest BCUT2D eigenvalue weighted by atomic mass is 10.2. The van der Waals surface area contributed by atoms with Crippen molar-refractivity contribution in [3.05, 3.63) is 23.7 Å². The molecule has 5 heteroatoms. The molecule has 0 bridgehead atoms. The third-order valence-corrected chi connectivity index (χ3v) is 3.61. The zero-order valence-electron chi connectivity index (χ0n) is 11.9. The van der Waals surface area contributed by atoms with Crippen LogP contribution in [-0.4, -0.2) is 31.6 Å². The first-order valence-electron chi connectivity index (χ1n) is 6.59. The molecule has 0 aliphatic heterocycles. The van der Waals surface area contributed by atoms with Gasteiger partial charge in [0.15, 0.2) is 0 Å². The first-order chi connectivity index (χ1) is 9.19. The Labute approximate surface area is 119 Å². The molecule has 0 saturated carbocycles. The molecule has 0 radical (unpaired) electrons. The maximum absolute atomic E-state index is 11.3. The minimum atomic E-state index is -0.435. The van der Waals surface area contributed by atoms with Crippen molar-refractivity contribution in [2.45, 2.75) is 32.2 Å². The quantitative estimate of drug-likeness (QED) is 0.557. The predicted molar refractivity (Wildman–Crippen MR) is 78.7 cm³/mol. The lowest BCUT2D eigenvalue weighted by Gasteiger charge is -2.10. The molecule has 0 saturated heterocycles. The Morgan fingerprint density at radius 3 is 2.89 bits per heavy atom. The van der Waals surface area contributed by atoms with Crippen molar-refractivity contribution in [2.24, 2.45) is 0 Å². The van der Waals surface area contributed by atoms with Crippen molar-refractivity contribution in [1.29, 1.82) is 0 Å². The van der Waals surface area contributed by atoms with Crippen LogP contribution in [-0.2, 0) is 4.74 Å². The number of hydrogen-bond donors (Lipinski definition) is 1. The summed E-state index contributed by atoms with van der Waals surface area (Å²) in [6.45, 7) is 2.99. The van der Waals surface area contributed by atoms with Crippen LogP contribution in [0.2, 0.25) is 0 Å². The van der Waals surface area contributed by atoms with Gasteiger partial charge in [-0.05, 0) is 50.5 Å². The molecule has 0 spiro atoms. The van der Waals surface area contributed by atoms with Crippen LogP contribution in [0.4, 0.5) is 0 Å². The third kappa shape index (κ3) is 5.70. The summed E-state index contributed by atoms with van der Waals surface area (Å²) in [5, 5.41) is 3.39. The van der Waals surface area contributed by atoms with Gasteiger partial charge in [-0.2, -0.15) is 11.8 Å². The molecule has 1 aromatic heterocycles. The summed E-state index contributed by atoms with van der Waals surface area (Å²) in [6, 6.07) is 3.58. The second kappa shape index (κ2) is 9.04. The van der Waals surface area contributed by atoms with Gasteiger partial charge in [-0.25, -0.2) is 4.79 Å². The molecule has 0 aliphatic carbocycles. The van der Waals surface area contributed by atoms with Crippen molar-refractivity contribution in [3.8, 4) is 0 Å². The van der Waals surface area contributed by atoms with Gasteiger partial charge in [-0.3, -0.25) is 0 Å². The van der Waals surface area contributed by atoms with Gasteiger partial charge in [0.1, 0.15) is 5.76 Å². The number of hydrogen-bond acceptors (Lipinski definition) is 5. The van der Waals surface area contributed by atoms with Crippen LogP contribution in [0.1, 0.15) is 48.5 Å². The van der Waals surface area contributed by atoms with Crippen molar-refractivity contribution < 1.29 is 13.9 Å². The molecule has 1 N–H and O–H groups in total. The first kappa shape index (κ1) is 16.1. The molecule has 1 unspecified atom stereocenters. The standard InChI is InChI=1S/C14H23NO3S/c1-11(15-9-5-4-6-10-19-3)12-7-8-13(18-12)14(16)17-2/h7-8,11,15H,4-6,9-10H2,1-3H3. The summed E-state index contributed by atoms with van der Waals surface area (Å²) in [5.74, 6) is 1.82. The van der Waals surface area contributed by atoms with Crippen LogP contribution in [0, 0.1) is 0 Å². The van der Waals surface area contributed by atoms with Gasteiger partial charge in [-0.1, -0.05) is 6.42 Å². The second-order valence-corrected chi connectivity index (χ2v) is 5.41. The van der Waals surface area contributed by atoms with Gasteiger partial charge in [-0.15, -0.1) is 0 Å². The normalized spacial score (nSPS) is 12.4. The SMILES string of the molecule is COC(=O)c1ccc(C(C)NCCCCCSC)o1. The van der Waals surface area contributed by atoms with Crippen LogP contribution in [0.3, 0.4) is 0 Å². The Hall–Kier alpha value is -0.940. The third-order valence-electron chi connectivity index (χ3n) is 2.92. The smallest absolute Gasteiger partial charge is 0.373 e. The molecular weight excluding hydrogens is 262 g/mol. The van der Waals surface area contributed by atoms with Gasteiger partial charge in [0, 0.05) is 0 Å². The van der Waals surface area contributed by atoms with Crippen molar-refractivity contribution in [1.82, 2.24) is 5.32 Å². The highest BCUT2D eigenvalue weighted by atomic mass is 32.2. The topological polar surface area (TPSA) is 51.5 Å². The van der Waals surface area contributed by atoms with E-state index in [-0.39, 0.29) is 11.8 Å². The van der Waals surface area contributed by atoms with Crippen molar-refractivity contribution in [2.75, 3.05) is 25.7 Å². The van der Waals surface area contributed by atoms with E-state index in [1.807, 2.05) is 24.8 Å². The molecule has 1 rings (SSSR count). The highest BCUT2D eigenvalue weighted by molar-refractivity contribution is 7.98. The van der Waals surface area contributed by atoms with E-state index in [0.717, 1.165) is 18.7 Å². The molecule has 1 heterocycles. The van der Waals surface area contributed by atoms with Crippen LogP contribution in [0.5, 0.6) is 0 Å². The van der Waals surface area contributed by atoms with E-state index in [1.165, 1.54) is 25.7 Å². The fourth-order valence-corrected chi connectivity index (χ4v) is 2.26. The molecule has 19 heavy (non-hydrogen) atoms. The van der Waals surface area contributed by atoms with Crippen LogP contribution >= 0.6 is 11.8 Å². The molecule has 0 aromatic carbocycles. The highest BCUT2D eigenvalue weighted by Gasteiger charge is 2.14. The molecule has 1 atom stereocenters. The maximum Gasteiger partial charge on any atom is 0.373 e. The van der Waals surface area contributed by atoms with Gasteiger partial charge >= 0.3 is 5.97 Å². The summed E-state index contributed by atoms with van der Waals surface area (Å²) in [7, 11) is 1.35. The van der Waals surface area contributed by atoms with E-state index in [0.29, 0.717) is 0 Å². The summed E-state index contributed by atoms with van der Waals surface area (Å²) in [5.41, 5.74) is 0. The average Bonchev–Trinajstić information content (AvgIpc) is 2.91. The number of ether oxygens (including phenoxy) is 1. The van der Waals surface area contributed by atoms with Crippen LogP contribution < -0.4 is 5.32 Å². The van der Waals surface area contributed by atoms with E-state index in [4.69, 9.17) is 4.42 Å². The second-order valence-electron chi connectivity index (χ2n) is 4.42. The number of nitrogens with one attached hydrogen (secondary N) is 1. The van der Waals surface area contributed by atoms with Gasteiger partial charge < -0.3 is 14.5 Å². The number of methoxy groups -OCH3 is 1. The first-order valence-corrected chi connectivity index (χ1v) is 7.98. The lowest BCUT2D eigenvalue weighted by molar-refractivity contribution is 0.0562. The Bertz CT molecular complexity index is 379. The molecule has 0 fully saturated rings. The monoisotopic (exact) mass is 285 g/mol. The number of carbonyl (C=O) groups excluding carboxylic acids is 1. The van der Waals surface area contributed by atoms with E-state index in [9.17, 15) is 4.79 Å². The van der Waals surface area contributed by atoms with E-state index >= 15 is 0 Å². The molecule has 0 aliphatic rings. The largest absolute Gasteiger partial charge is 0.463 e. The number of unbranched alkanes of at least 4 members (excludes halogenated alkanes) is 2. The summed E-state index contributed by atoms with van der Waals surface area (Å²) >= 11 is 1.89. The van der Waals surface area contributed by atoms with E-state index < -0.39 is 5.97 Å². The zero-order valence-corrected chi connectivity index (χ0v) is 12.7.